The maximum atomic E-state index is 13.4. The van der Waals surface area contributed by atoms with Gasteiger partial charge in [0.2, 0.25) is 0 Å². The highest BCUT2D eigenvalue weighted by Crippen LogP contribution is 2.66. The van der Waals surface area contributed by atoms with Crippen LogP contribution >= 0.6 is 0 Å². The molecule has 212 valence electrons. The van der Waals surface area contributed by atoms with Gasteiger partial charge in [-0.15, -0.1) is 0 Å². The molecule has 35 heavy (non-hydrogen) atoms. The summed E-state index contributed by atoms with van der Waals surface area (Å²) in [5, 5.41) is 12.0. The highest BCUT2D eigenvalue weighted by atomic mass is 28.4. The molecule has 0 saturated heterocycles. The maximum absolute atomic E-state index is 13.4. The third-order valence-corrected chi connectivity index (χ3v) is 5.46. The van der Waals surface area contributed by atoms with E-state index in [9.17, 15) is 92.2 Å². The van der Waals surface area contributed by atoms with Gasteiger partial charge in [-0.1, -0.05) is 0 Å². The van der Waals surface area contributed by atoms with Gasteiger partial charge in [-0.25, -0.2) is 0 Å². The molecule has 0 aliphatic heterocycles. The van der Waals surface area contributed by atoms with Gasteiger partial charge in [0.1, 0.15) is 0 Å². The van der Waals surface area contributed by atoms with Crippen molar-refractivity contribution >= 4 is 8.56 Å². The van der Waals surface area contributed by atoms with Gasteiger partial charge in [0.05, 0.1) is 0 Å². The Balaban J connectivity index is 7.15. The number of alkyl halides is 21. The summed E-state index contributed by atoms with van der Waals surface area (Å²) in [6.07, 6.45) is -8.02. The van der Waals surface area contributed by atoms with E-state index < -0.39 is 67.7 Å². The SMILES string of the molecule is N[Si](N)(N)C(F)(F)C(F)(F)C(F)(F)C(F)(F)C(F)(F)C(F)(F)C(F)(F)C(F)(F)C(F)(F)C(F)(F)F. The summed E-state index contributed by atoms with van der Waals surface area (Å²) in [7, 11) is -6.75. The largest absolute Gasteiger partial charge is 0.460 e. The quantitative estimate of drug-likeness (QED) is 0.269. The van der Waals surface area contributed by atoms with Gasteiger partial charge in [-0.2, -0.15) is 92.2 Å². The van der Waals surface area contributed by atoms with Crippen molar-refractivity contribution < 1.29 is 92.2 Å². The lowest BCUT2D eigenvalue weighted by molar-refractivity contribution is -0.472. The number of halogens is 21. The highest BCUT2D eigenvalue weighted by molar-refractivity contribution is 6.73. The Bertz CT molecular complexity index is 728. The first-order chi connectivity index (χ1) is 14.5. The van der Waals surface area contributed by atoms with E-state index in [2.05, 4.69) is 16.2 Å². The molecular weight excluding hydrogens is 589 g/mol. The van der Waals surface area contributed by atoms with Crippen LogP contribution in [0.3, 0.4) is 0 Å². The van der Waals surface area contributed by atoms with Crippen molar-refractivity contribution in [2.75, 3.05) is 0 Å². The van der Waals surface area contributed by atoms with Crippen LogP contribution in [-0.4, -0.2) is 67.7 Å². The molecule has 0 aromatic heterocycles. The molecule has 0 radical (unpaired) electrons. The zero-order chi connectivity index (χ0) is 29.5. The standard InChI is InChI=1S/C10H6F21N3Si/c11-1(12,3(15,16)5(19,20)7(23,24)9(27,28)29)2(13,14)4(17,18)6(21,22)8(25,26)10(30,31)35(32,33)34/h32-34H2. The molecule has 0 spiro atoms. The maximum Gasteiger partial charge on any atom is 0.460 e. The molecule has 3 nitrogen and oxygen atoms in total. The van der Waals surface area contributed by atoms with E-state index in [1.54, 1.807) is 0 Å². The monoisotopic (exact) mass is 595 g/mol. The van der Waals surface area contributed by atoms with Crippen molar-refractivity contribution in [2.24, 2.45) is 16.2 Å². The minimum Gasteiger partial charge on any atom is -0.323 e. The fraction of sp³-hybridized carbons (Fsp3) is 1.00. The summed E-state index contributed by atoms with van der Waals surface area (Å²) in [4.78, 5) is 0. The molecule has 0 rings (SSSR count). The molecule has 0 saturated carbocycles. The van der Waals surface area contributed by atoms with Crippen LogP contribution in [0.1, 0.15) is 0 Å². The van der Waals surface area contributed by atoms with E-state index in [4.69, 9.17) is 0 Å². The van der Waals surface area contributed by atoms with E-state index in [-0.39, 0.29) is 0 Å². The number of nitrogens with two attached hydrogens (primary N) is 3. The summed E-state index contributed by atoms with van der Waals surface area (Å²) in [5.41, 5.74) is -7.12. The lowest BCUT2D eigenvalue weighted by atomic mass is 9.87. The fourth-order valence-corrected chi connectivity index (χ4v) is 2.53. The predicted octanol–water partition coefficient (Wildman–Crippen LogP) is 4.62. The molecule has 0 unspecified atom stereocenters. The molecule has 25 heteroatoms. The topological polar surface area (TPSA) is 78.1 Å². The van der Waals surface area contributed by atoms with Crippen LogP contribution in [-0.2, 0) is 0 Å². The zero-order valence-electron chi connectivity index (χ0n) is 15.2. The average Bonchev–Trinajstić information content (AvgIpc) is 2.58. The van der Waals surface area contributed by atoms with Crippen LogP contribution in [0.15, 0.2) is 0 Å². The van der Waals surface area contributed by atoms with E-state index in [1.165, 1.54) is 0 Å². The van der Waals surface area contributed by atoms with Crippen LogP contribution < -0.4 is 16.2 Å². The second-order valence-corrected chi connectivity index (χ2v) is 9.09. The van der Waals surface area contributed by atoms with E-state index >= 15 is 0 Å². The molecule has 0 amide bonds. The second kappa shape index (κ2) is 7.81. The van der Waals surface area contributed by atoms with Crippen molar-refractivity contribution in [3.8, 4) is 0 Å². The van der Waals surface area contributed by atoms with Crippen LogP contribution in [0.2, 0.25) is 0 Å². The summed E-state index contributed by atoms with van der Waals surface area (Å²) in [6, 6.07) is 0. The van der Waals surface area contributed by atoms with E-state index in [0.29, 0.717) is 0 Å². The van der Waals surface area contributed by atoms with Gasteiger partial charge in [-0.05, 0) is 0 Å². The molecule has 6 N–H and O–H groups in total. The van der Waals surface area contributed by atoms with Gasteiger partial charge in [-0.3, -0.25) is 0 Å². The third kappa shape index (κ3) is 3.90. The summed E-state index contributed by atoms with van der Waals surface area (Å²) >= 11 is 0. The second-order valence-electron chi connectivity index (χ2n) is 6.60. The molecule has 0 aromatic rings. The summed E-state index contributed by atoms with van der Waals surface area (Å²) in [5.74, 6) is -70.9. The Kier molecular flexibility index (Phi) is 7.51. The van der Waals surface area contributed by atoms with Gasteiger partial charge in [0.15, 0.2) is 0 Å². The number of hydrogen-bond donors (Lipinski definition) is 3. The third-order valence-electron chi connectivity index (χ3n) is 4.05. The van der Waals surface area contributed by atoms with Crippen molar-refractivity contribution in [3.63, 3.8) is 0 Å². The summed E-state index contributed by atoms with van der Waals surface area (Å²) in [6.45, 7) is 0. The van der Waals surface area contributed by atoms with Gasteiger partial charge in [0, 0.05) is 0 Å². The molecule has 0 atom stereocenters. The Morgan fingerprint density at radius 2 is 0.457 bits per heavy atom. The first-order valence-electron chi connectivity index (χ1n) is 7.33. The highest BCUT2D eigenvalue weighted by Gasteiger charge is 2.98. The molecule has 0 aromatic carbocycles. The molecule has 0 fully saturated rings. The van der Waals surface area contributed by atoms with Crippen molar-refractivity contribution in [3.05, 3.63) is 0 Å². The summed E-state index contributed by atoms with van der Waals surface area (Å²) < 4.78 is 274. The lowest BCUT2D eigenvalue weighted by Gasteiger charge is -2.45. The van der Waals surface area contributed by atoms with Crippen molar-refractivity contribution in [1.82, 2.24) is 0 Å². The van der Waals surface area contributed by atoms with Gasteiger partial charge < -0.3 is 16.2 Å². The zero-order valence-corrected chi connectivity index (χ0v) is 16.2. The molecule has 0 bridgehead atoms. The Morgan fingerprint density at radius 1 is 0.286 bits per heavy atom. The van der Waals surface area contributed by atoms with Crippen molar-refractivity contribution in [1.29, 1.82) is 0 Å². The molecule has 0 aliphatic carbocycles. The van der Waals surface area contributed by atoms with Crippen LogP contribution in [0.4, 0.5) is 92.2 Å². The smallest absolute Gasteiger partial charge is 0.323 e. The first kappa shape index (κ1) is 33.6. The number of rotatable bonds is 9. The number of hydrogen-bond acceptors (Lipinski definition) is 3. The van der Waals surface area contributed by atoms with Gasteiger partial charge >= 0.3 is 67.7 Å². The Morgan fingerprint density at radius 3 is 0.629 bits per heavy atom. The van der Waals surface area contributed by atoms with Gasteiger partial charge in [0.25, 0.3) is 0 Å². The molecule has 0 heterocycles. The minimum absolute atomic E-state index is 3.99. The Labute approximate surface area is 177 Å². The first-order valence-corrected chi connectivity index (χ1v) is 9.57. The van der Waals surface area contributed by atoms with Crippen molar-refractivity contribution in [2.45, 2.75) is 59.1 Å². The molecular formula is C10H6F21N3Si. The fourth-order valence-electron chi connectivity index (χ4n) is 1.83. The van der Waals surface area contributed by atoms with E-state index in [1.807, 2.05) is 0 Å². The minimum atomic E-state index is -9.22. The van der Waals surface area contributed by atoms with Crippen LogP contribution in [0.5, 0.6) is 0 Å². The normalized spacial score (nSPS) is 17.1. The average molecular weight is 595 g/mol. The lowest BCUT2D eigenvalue weighted by Crippen LogP contribution is -2.85. The Hall–Kier alpha value is -1.37. The van der Waals surface area contributed by atoms with E-state index in [0.717, 1.165) is 0 Å². The van der Waals surface area contributed by atoms with Crippen LogP contribution in [0, 0.1) is 0 Å². The predicted molar refractivity (Wildman–Crippen MR) is 68.9 cm³/mol. The molecule has 0 aliphatic rings. The van der Waals surface area contributed by atoms with Crippen LogP contribution in [0.25, 0.3) is 0 Å².